The number of benzene rings is 3. The third-order valence-electron chi connectivity index (χ3n) is 6.86. The summed E-state index contributed by atoms with van der Waals surface area (Å²) in [5.74, 6) is -0.397. The predicted octanol–water partition coefficient (Wildman–Crippen LogP) is 6.74. The molecule has 0 radical (unpaired) electrons. The number of anilines is 1. The van der Waals surface area contributed by atoms with Gasteiger partial charge in [0.1, 0.15) is 17.6 Å². The van der Waals surface area contributed by atoms with Crippen molar-refractivity contribution in [2.24, 2.45) is 0 Å². The minimum atomic E-state index is -0.926. The fraction of sp³-hybridized carbons (Fsp3) is 0.200. The Bertz CT molecular complexity index is 1670. The summed E-state index contributed by atoms with van der Waals surface area (Å²) in [6.45, 7) is 4.01. The maximum absolute atomic E-state index is 13.5. The smallest absolute Gasteiger partial charge is 0.301 e. The summed E-state index contributed by atoms with van der Waals surface area (Å²) in [5, 5.41) is 20.7. The second-order valence-electron chi connectivity index (χ2n) is 9.80. The van der Waals surface area contributed by atoms with Gasteiger partial charge >= 0.3 is 5.91 Å². The number of halogens is 1. The summed E-state index contributed by atoms with van der Waals surface area (Å²) in [6, 6.07) is 19.5. The van der Waals surface area contributed by atoms with Crippen LogP contribution in [-0.4, -0.2) is 33.1 Å². The first-order valence-electron chi connectivity index (χ1n) is 12.7. The van der Waals surface area contributed by atoms with Crippen molar-refractivity contribution in [1.82, 2.24) is 10.2 Å². The molecule has 4 aromatic rings. The number of nitrogens with zero attached hydrogens (tertiary/aromatic N) is 3. The molecule has 7 nitrogen and oxygen atoms in total. The highest BCUT2D eigenvalue weighted by atomic mass is 35.5. The molecular weight excluding hydrogens is 566 g/mol. The number of aromatic nitrogens is 2. The molecule has 1 saturated heterocycles. The van der Waals surface area contributed by atoms with Crippen molar-refractivity contribution >= 4 is 57.3 Å². The van der Waals surface area contributed by atoms with E-state index in [1.165, 1.54) is 33.6 Å². The lowest BCUT2D eigenvalue weighted by Crippen LogP contribution is -2.29. The van der Waals surface area contributed by atoms with E-state index < -0.39 is 17.7 Å². The van der Waals surface area contributed by atoms with Crippen molar-refractivity contribution in [2.45, 2.75) is 42.5 Å². The van der Waals surface area contributed by atoms with Gasteiger partial charge in [0.2, 0.25) is 5.13 Å². The number of fused-ring (bicyclic) bond motifs is 1. The molecule has 2 aliphatic heterocycles. The monoisotopic (exact) mass is 589 g/mol. The van der Waals surface area contributed by atoms with E-state index in [1.54, 1.807) is 42.5 Å². The second-order valence-corrected chi connectivity index (χ2v) is 12.4. The van der Waals surface area contributed by atoms with E-state index >= 15 is 0 Å². The third kappa shape index (κ3) is 5.00. The lowest BCUT2D eigenvalue weighted by Gasteiger charge is -2.22. The van der Waals surface area contributed by atoms with E-state index in [4.69, 9.17) is 16.3 Å². The Morgan fingerprint density at radius 3 is 2.70 bits per heavy atom. The maximum Gasteiger partial charge on any atom is 0.301 e. The standard InChI is InChI=1S/C30H24ClN3O4S2/c1-16-6-8-18(9-7-16)15-39-30-33-32-29(40-30)34-25(19-4-3-5-22(31)14-19)24(27(36)28(34)37)26(35)20-10-11-23-21(13-20)12-17(2)38-23/h3-11,13-14,17,25,35H,12,15H2,1-2H3/t17-,25-/m1/s1. The number of aliphatic hydroxyl groups is 1. The lowest BCUT2D eigenvalue weighted by atomic mass is 9.94. The number of thioether (sulfide) groups is 1. The first-order valence-corrected chi connectivity index (χ1v) is 14.8. The van der Waals surface area contributed by atoms with Crippen molar-refractivity contribution in [1.29, 1.82) is 0 Å². The average Bonchev–Trinajstić information content (AvgIpc) is 3.63. The quantitative estimate of drug-likeness (QED) is 0.0875. The van der Waals surface area contributed by atoms with Gasteiger partial charge in [0.15, 0.2) is 4.34 Å². The number of ketones is 1. The number of amides is 1. The van der Waals surface area contributed by atoms with Crippen LogP contribution in [0, 0.1) is 6.92 Å². The molecule has 0 unspecified atom stereocenters. The molecule has 1 aromatic heterocycles. The Kier molecular flexibility index (Phi) is 7.12. The molecular formula is C30H24ClN3O4S2. The zero-order valence-electron chi connectivity index (χ0n) is 21.6. The maximum atomic E-state index is 13.5. The molecule has 202 valence electrons. The largest absolute Gasteiger partial charge is 0.507 e. The summed E-state index contributed by atoms with van der Waals surface area (Å²) < 4.78 is 6.44. The second kappa shape index (κ2) is 10.7. The molecule has 1 amide bonds. The number of aryl methyl sites for hydroxylation is 1. The number of ether oxygens (including phenoxy) is 1. The molecule has 0 spiro atoms. The molecule has 1 N–H and O–H groups in total. The molecule has 2 atom stereocenters. The van der Waals surface area contributed by atoms with Crippen LogP contribution in [0.25, 0.3) is 5.76 Å². The van der Waals surface area contributed by atoms with E-state index in [2.05, 4.69) is 34.5 Å². The Morgan fingerprint density at radius 1 is 1.12 bits per heavy atom. The number of hydrogen-bond donors (Lipinski definition) is 1. The lowest BCUT2D eigenvalue weighted by molar-refractivity contribution is -0.132. The summed E-state index contributed by atoms with van der Waals surface area (Å²) >= 11 is 9.05. The minimum absolute atomic E-state index is 0.0248. The first kappa shape index (κ1) is 26.6. The number of aliphatic hydroxyl groups excluding tert-OH is 1. The van der Waals surface area contributed by atoms with E-state index in [1.807, 2.05) is 13.8 Å². The van der Waals surface area contributed by atoms with E-state index in [-0.39, 0.29) is 22.6 Å². The van der Waals surface area contributed by atoms with Crippen LogP contribution in [-0.2, 0) is 21.8 Å². The fourth-order valence-corrected chi connectivity index (χ4v) is 6.96. The summed E-state index contributed by atoms with van der Waals surface area (Å²) in [6.07, 6.45) is 0.718. The molecule has 10 heteroatoms. The van der Waals surface area contributed by atoms with E-state index in [0.717, 1.165) is 16.9 Å². The Balaban J connectivity index is 1.38. The van der Waals surface area contributed by atoms with Crippen LogP contribution < -0.4 is 9.64 Å². The first-order chi connectivity index (χ1) is 19.3. The van der Waals surface area contributed by atoms with E-state index in [9.17, 15) is 14.7 Å². The fourth-order valence-electron chi connectivity index (χ4n) is 4.93. The molecule has 1 fully saturated rings. The van der Waals surface area contributed by atoms with Gasteiger partial charge in [-0.2, -0.15) is 0 Å². The van der Waals surface area contributed by atoms with Crippen LogP contribution in [0.15, 0.2) is 76.6 Å². The van der Waals surface area contributed by atoms with Crippen LogP contribution in [0.4, 0.5) is 5.13 Å². The van der Waals surface area contributed by atoms with Gasteiger partial charge in [0, 0.05) is 22.8 Å². The number of carbonyl (C=O) groups excluding carboxylic acids is 2. The molecule has 2 aliphatic rings. The van der Waals surface area contributed by atoms with Gasteiger partial charge in [0.05, 0.1) is 11.6 Å². The van der Waals surface area contributed by atoms with Crippen molar-refractivity contribution in [3.05, 3.63) is 105 Å². The molecule has 0 bridgehead atoms. The zero-order valence-corrected chi connectivity index (χ0v) is 24.0. The number of carbonyl (C=O) groups is 2. The van der Waals surface area contributed by atoms with Gasteiger partial charge in [-0.05, 0) is 60.9 Å². The Hall–Kier alpha value is -3.66. The topological polar surface area (TPSA) is 92.6 Å². The molecule has 40 heavy (non-hydrogen) atoms. The van der Waals surface area contributed by atoms with Gasteiger partial charge in [0.25, 0.3) is 5.78 Å². The SMILES string of the molecule is Cc1ccc(CSc2nnc(N3C(=O)C(=O)C(=C(O)c4ccc5c(c4)C[C@@H](C)O5)[C@H]3c3cccc(Cl)c3)s2)cc1. The van der Waals surface area contributed by atoms with Crippen molar-refractivity contribution < 1.29 is 19.4 Å². The highest BCUT2D eigenvalue weighted by Gasteiger charge is 2.48. The highest BCUT2D eigenvalue weighted by Crippen LogP contribution is 2.45. The average molecular weight is 590 g/mol. The molecule has 3 aromatic carbocycles. The van der Waals surface area contributed by atoms with Crippen molar-refractivity contribution in [3.63, 3.8) is 0 Å². The normalized spacial score (nSPS) is 19.6. The van der Waals surface area contributed by atoms with Crippen molar-refractivity contribution in [2.75, 3.05) is 4.90 Å². The number of hydrogen-bond acceptors (Lipinski definition) is 8. The molecule has 0 aliphatic carbocycles. The molecule has 0 saturated carbocycles. The van der Waals surface area contributed by atoms with Crippen LogP contribution in [0.2, 0.25) is 5.02 Å². The number of Topliss-reactive ketones (excluding diaryl/α,β-unsaturated/α-hetero) is 1. The summed E-state index contributed by atoms with van der Waals surface area (Å²) in [5.41, 5.74) is 4.25. The summed E-state index contributed by atoms with van der Waals surface area (Å²) in [7, 11) is 0. The zero-order chi connectivity index (χ0) is 28.0. The Morgan fingerprint density at radius 2 is 1.93 bits per heavy atom. The highest BCUT2D eigenvalue weighted by molar-refractivity contribution is 8.00. The van der Waals surface area contributed by atoms with Crippen LogP contribution in [0.5, 0.6) is 5.75 Å². The summed E-state index contributed by atoms with van der Waals surface area (Å²) in [4.78, 5) is 28.3. The minimum Gasteiger partial charge on any atom is -0.507 e. The van der Waals surface area contributed by atoms with Crippen LogP contribution in [0.3, 0.4) is 0 Å². The van der Waals surface area contributed by atoms with Crippen LogP contribution in [0.1, 0.15) is 40.8 Å². The van der Waals surface area contributed by atoms with Gasteiger partial charge in [-0.15, -0.1) is 10.2 Å². The van der Waals surface area contributed by atoms with Crippen molar-refractivity contribution in [3.8, 4) is 5.75 Å². The van der Waals surface area contributed by atoms with Gasteiger partial charge in [-0.1, -0.05) is 76.7 Å². The molecule has 6 rings (SSSR count). The number of rotatable bonds is 6. The Labute approximate surface area is 244 Å². The van der Waals surface area contributed by atoms with Crippen LogP contribution >= 0.6 is 34.7 Å². The van der Waals surface area contributed by atoms with E-state index in [0.29, 0.717) is 32.7 Å². The van der Waals surface area contributed by atoms with Gasteiger partial charge in [-0.25, -0.2) is 0 Å². The molecule has 3 heterocycles. The van der Waals surface area contributed by atoms with Gasteiger partial charge in [-0.3, -0.25) is 14.5 Å². The third-order valence-corrected chi connectivity index (χ3v) is 9.23. The van der Waals surface area contributed by atoms with Gasteiger partial charge < -0.3 is 9.84 Å². The predicted molar refractivity (Wildman–Crippen MR) is 157 cm³/mol.